The van der Waals surface area contributed by atoms with E-state index in [9.17, 15) is 9.90 Å². The second kappa shape index (κ2) is 8.47. The van der Waals surface area contributed by atoms with Gasteiger partial charge in [-0.3, -0.25) is 4.79 Å². The Balaban J connectivity index is 2.40. The quantitative estimate of drug-likeness (QED) is 0.557. The maximum atomic E-state index is 12.3. The van der Waals surface area contributed by atoms with E-state index in [0.717, 1.165) is 25.9 Å². The van der Waals surface area contributed by atoms with Crippen molar-refractivity contribution >= 4 is 5.91 Å². The van der Waals surface area contributed by atoms with Crippen molar-refractivity contribution in [1.82, 2.24) is 10.6 Å². The molecule has 1 fully saturated rings. The second-order valence-corrected chi connectivity index (χ2v) is 5.12. The van der Waals surface area contributed by atoms with Gasteiger partial charge in [0.2, 0.25) is 5.91 Å². The molecule has 1 aliphatic rings. The van der Waals surface area contributed by atoms with Gasteiger partial charge in [0.1, 0.15) is 0 Å². The summed E-state index contributed by atoms with van der Waals surface area (Å²) in [6.45, 7) is 2.87. The summed E-state index contributed by atoms with van der Waals surface area (Å²) in [5.74, 6) is 0.0282. The fourth-order valence-electron chi connectivity index (χ4n) is 2.43. The molecule has 0 bridgehead atoms. The number of ether oxygens (including phenoxy) is 2. The maximum Gasteiger partial charge on any atom is 0.228 e. The van der Waals surface area contributed by atoms with Crippen LogP contribution in [-0.4, -0.2) is 64.2 Å². The monoisotopic (exact) mass is 274 g/mol. The van der Waals surface area contributed by atoms with E-state index in [4.69, 9.17) is 9.47 Å². The molecule has 1 rings (SSSR count). The minimum absolute atomic E-state index is 0.0282. The molecule has 0 spiro atoms. The summed E-state index contributed by atoms with van der Waals surface area (Å²) in [6, 6.07) is 0. The fraction of sp³-hybridized carbons (Fsp3) is 0.923. The lowest BCUT2D eigenvalue weighted by Crippen LogP contribution is -2.50. The molecule has 112 valence electrons. The second-order valence-electron chi connectivity index (χ2n) is 5.12. The molecular formula is C13H26N2O4. The Morgan fingerprint density at radius 3 is 2.63 bits per heavy atom. The number of carbonyl (C=O) groups is 1. The van der Waals surface area contributed by atoms with Crippen molar-refractivity contribution in [2.45, 2.75) is 25.4 Å². The van der Waals surface area contributed by atoms with Crippen molar-refractivity contribution in [3.05, 3.63) is 0 Å². The lowest BCUT2D eigenvalue weighted by molar-refractivity contribution is -0.136. The highest BCUT2D eigenvalue weighted by atomic mass is 16.5. The molecule has 0 radical (unpaired) electrons. The zero-order valence-electron chi connectivity index (χ0n) is 11.9. The number of hydrogen-bond acceptors (Lipinski definition) is 5. The topological polar surface area (TPSA) is 79.8 Å². The van der Waals surface area contributed by atoms with Gasteiger partial charge < -0.3 is 25.2 Å². The number of aliphatic hydroxyl groups excluding tert-OH is 1. The van der Waals surface area contributed by atoms with E-state index in [-0.39, 0.29) is 5.91 Å². The molecule has 6 nitrogen and oxygen atoms in total. The van der Waals surface area contributed by atoms with Gasteiger partial charge in [0.05, 0.1) is 24.7 Å². The lowest BCUT2D eigenvalue weighted by Gasteiger charge is -2.35. The summed E-state index contributed by atoms with van der Waals surface area (Å²) in [6.07, 6.45) is 1.54. The van der Waals surface area contributed by atoms with Crippen molar-refractivity contribution < 1.29 is 19.4 Å². The molecule has 3 N–H and O–H groups in total. The average Bonchev–Trinajstić information content (AvgIpc) is 2.40. The van der Waals surface area contributed by atoms with Gasteiger partial charge in [0.15, 0.2) is 0 Å². The standard InChI is InChI=1S/C13H26N2O4/c1-18-9-11(16)3-6-15-12(17)13(10-19-2)4-7-14-8-5-13/h11,14,16H,3-10H2,1-2H3,(H,15,17). The first-order valence-corrected chi connectivity index (χ1v) is 6.79. The van der Waals surface area contributed by atoms with Gasteiger partial charge in [-0.1, -0.05) is 0 Å². The number of carbonyl (C=O) groups excluding carboxylic acids is 1. The molecule has 19 heavy (non-hydrogen) atoms. The normalized spacial score (nSPS) is 19.9. The van der Waals surface area contributed by atoms with Crippen molar-refractivity contribution in [2.24, 2.45) is 5.41 Å². The molecule has 1 heterocycles. The van der Waals surface area contributed by atoms with E-state index in [1.165, 1.54) is 0 Å². The van der Waals surface area contributed by atoms with E-state index in [2.05, 4.69) is 10.6 Å². The smallest absolute Gasteiger partial charge is 0.228 e. The van der Waals surface area contributed by atoms with Crippen LogP contribution >= 0.6 is 0 Å². The summed E-state index contributed by atoms with van der Waals surface area (Å²) in [5, 5.41) is 15.7. The molecule has 1 unspecified atom stereocenters. The largest absolute Gasteiger partial charge is 0.391 e. The van der Waals surface area contributed by atoms with Gasteiger partial charge in [0.25, 0.3) is 0 Å². The van der Waals surface area contributed by atoms with Gasteiger partial charge >= 0.3 is 0 Å². The van der Waals surface area contributed by atoms with E-state index < -0.39 is 11.5 Å². The highest BCUT2D eigenvalue weighted by Crippen LogP contribution is 2.29. The first-order valence-electron chi connectivity index (χ1n) is 6.79. The minimum Gasteiger partial charge on any atom is -0.391 e. The fourth-order valence-corrected chi connectivity index (χ4v) is 2.43. The molecule has 0 aromatic rings. The number of piperidine rings is 1. The molecule has 6 heteroatoms. The average molecular weight is 274 g/mol. The van der Waals surface area contributed by atoms with Crippen molar-refractivity contribution in [2.75, 3.05) is 47.1 Å². The number of aliphatic hydroxyl groups is 1. The van der Waals surface area contributed by atoms with Crippen LogP contribution in [0.1, 0.15) is 19.3 Å². The number of hydrogen-bond donors (Lipinski definition) is 3. The number of amides is 1. The molecule has 0 saturated carbocycles. The summed E-state index contributed by atoms with van der Waals surface area (Å²) in [7, 11) is 3.17. The van der Waals surface area contributed by atoms with Gasteiger partial charge in [-0.25, -0.2) is 0 Å². The first-order chi connectivity index (χ1) is 9.14. The van der Waals surface area contributed by atoms with Crippen LogP contribution in [0.25, 0.3) is 0 Å². The Morgan fingerprint density at radius 1 is 1.37 bits per heavy atom. The molecular weight excluding hydrogens is 248 g/mol. The third-order valence-electron chi connectivity index (χ3n) is 3.59. The Hall–Kier alpha value is -0.690. The predicted octanol–water partition coefficient (Wildman–Crippen LogP) is -0.484. The van der Waals surface area contributed by atoms with Crippen LogP contribution in [0.3, 0.4) is 0 Å². The zero-order chi connectivity index (χ0) is 14.1. The molecule has 1 amide bonds. The molecule has 0 aromatic carbocycles. The van der Waals surface area contributed by atoms with Crippen molar-refractivity contribution in [3.63, 3.8) is 0 Å². The Bertz CT molecular complexity index is 262. The van der Waals surface area contributed by atoms with Crippen LogP contribution in [0.5, 0.6) is 0 Å². The lowest BCUT2D eigenvalue weighted by atomic mass is 9.78. The number of nitrogens with one attached hydrogen (secondary N) is 2. The summed E-state index contributed by atoms with van der Waals surface area (Å²) < 4.78 is 10.1. The van der Waals surface area contributed by atoms with Crippen LogP contribution in [0, 0.1) is 5.41 Å². The predicted molar refractivity (Wildman–Crippen MR) is 71.9 cm³/mol. The van der Waals surface area contributed by atoms with E-state index in [0.29, 0.717) is 26.2 Å². The number of rotatable bonds is 8. The van der Waals surface area contributed by atoms with Crippen molar-refractivity contribution in [3.8, 4) is 0 Å². The summed E-state index contributed by atoms with van der Waals surface area (Å²) >= 11 is 0. The van der Waals surface area contributed by atoms with Crippen LogP contribution in [-0.2, 0) is 14.3 Å². The summed E-state index contributed by atoms with van der Waals surface area (Å²) in [4.78, 5) is 12.3. The first kappa shape index (κ1) is 16.4. The van der Waals surface area contributed by atoms with Crippen LogP contribution in [0.4, 0.5) is 0 Å². The van der Waals surface area contributed by atoms with Crippen LogP contribution < -0.4 is 10.6 Å². The molecule has 0 aromatic heterocycles. The zero-order valence-corrected chi connectivity index (χ0v) is 11.9. The van der Waals surface area contributed by atoms with Crippen LogP contribution in [0.15, 0.2) is 0 Å². The van der Waals surface area contributed by atoms with Gasteiger partial charge in [0, 0.05) is 20.8 Å². The van der Waals surface area contributed by atoms with Gasteiger partial charge in [-0.05, 0) is 32.4 Å². The Labute approximate surface area is 114 Å². The third-order valence-corrected chi connectivity index (χ3v) is 3.59. The Kier molecular flexibility index (Phi) is 7.30. The van der Waals surface area contributed by atoms with E-state index >= 15 is 0 Å². The molecule has 1 saturated heterocycles. The number of methoxy groups -OCH3 is 2. The summed E-state index contributed by atoms with van der Waals surface area (Å²) in [5.41, 5.74) is -0.424. The van der Waals surface area contributed by atoms with Gasteiger partial charge in [-0.15, -0.1) is 0 Å². The molecule has 1 aliphatic heterocycles. The van der Waals surface area contributed by atoms with Crippen molar-refractivity contribution in [1.29, 1.82) is 0 Å². The van der Waals surface area contributed by atoms with Gasteiger partial charge in [-0.2, -0.15) is 0 Å². The van der Waals surface area contributed by atoms with Crippen LogP contribution in [0.2, 0.25) is 0 Å². The molecule has 0 aliphatic carbocycles. The highest BCUT2D eigenvalue weighted by molar-refractivity contribution is 5.82. The van der Waals surface area contributed by atoms with E-state index in [1.54, 1.807) is 14.2 Å². The Morgan fingerprint density at radius 2 is 2.05 bits per heavy atom. The molecule has 1 atom stereocenters. The third kappa shape index (κ3) is 5.06. The SMILES string of the molecule is COCC(O)CCNC(=O)C1(COC)CCNCC1. The minimum atomic E-state index is -0.531. The highest BCUT2D eigenvalue weighted by Gasteiger charge is 2.39. The van der Waals surface area contributed by atoms with E-state index in [1.807, 2.05) is 0 Å². The maximum absolute atomic E-state index is 12.3.